The van der Waals surface area contributed by atoms with Crippen molar-refractivity contribution >= 4 is 23.2 Å². The quantitative estimate of drug-likeness (QED) is 0.707. The number of nitriles is 1. The van der Waals surface area contributed by atoms with Crippen molar-refractivity contribution in [3.05, 3.63) is 53.7 Å². The number of ether oxygens (including phenoxy) is 2. The summed E-state index contributed by atoms with van der Waals surface area (Å²) >= 11 is 0. The van der Waals surface area contributed by atoms with Crippen molar-refractivity contribution in [3.63, 3.8) is 0 Å². The van der Waals surface area contributed by atoms with E-state index in [4.69, 9.17) is 14.7 Å². The van der Waals surface area contributed by atoms with Crippen LogP contribution in [0.2, 0.25) is 0 Å². The van der Waals surface area contributed by atoms with Gasteiger partial charge < -0.3 is 20.1 Å². The lowest BCUT2D eigenvalue weighted by molar-refractivity contribution is -0.115. The largest absolute Gasteiger partial charge is 0.493 e. The van der Waals surface area contributed by atoms with Crippen LogP contribution in [0.15, 0.2) is 42.6 Å². The summed E-state index contributed by atoms with van der Waals surface area (Å²) in [6.45, 7) is 0. The van der Waals surface area contributed by atoms with Gasteiger partial charge in [0, 0.05) is 29.1 Å². The number of rotatable bonds is 4. The smallest absolute Gasteiger partial charge is 0.228 e. The van der Waals surface area contributed by atoms with Crippen molar-refractivity contribution in [1.29, 1.82) is 5.26 Å². The van der Waals surface area contributed by atoms with Crippen LogP contribution >= 0.6 is 0 Å². The van der Waals surface area contributed by atoms with Crippen molar-refractivity contribution in [2.24, 2.45) is 0 Å². The van der Waals surface area contributed by atoms with Gasteiger partial charge in [0.1, 0.15) is 0 Å². The van der Waals surface area contributed by atoms with Crippen molar-refractivity contribution in [3.8, 4) is 28.8 Å². The molecule has 0 fully saturated rings. The van der Waals surface area contributed by atoms with Crippen LogP contribution in [0.1, 0.15) is 11.1 Å². The number of fused-ring (bicyclic) bond motifs is 3. The molecule has 144 valence electrons. The Morgan fingerprint density at radius 3 is 2.72 bits per heavy atom. The first kappa shape index (κ1) is 18.3. The van der Waals surface area contributed by atoms with Gasteiger partial charge in [-0.1, -0.05) is 0 Å². The fourth-order valence-corrected chi connectivity index (χ4v) is 3.16. The third-order valence-corrected chi connectivity index (χ3v) is 4.53. The third kappa shape index (κ3) is 3.53. The average Bonchev–Trinajstić information content (AvgIpc) is 2.88. The van der Waals surface area contributed by atoms with Crippen LogP contribution < -0.4 is 20.1 Å². The highest BCUT2D eigenvalue weighted by Crippen LogP contribution is 2.34. The third-order valence-electron chi connectivity index (χ3n) is 4.53. The molecular formula is C21H17N5O3. The van der Waals surface area contributed by atoms with E-state index in [1.165, 1.54) is 0 Å². The number of hydrogen-bond acceptors (Lipinski definition) is 7. The lowest BCUT2D eigenvalue weighted by Gasteiger charge is -2.12. The van der Waals surface area contributed by atoms with Crippen molar-refractivity contribution < 1.29 is 14.3 Å². The molecule has 4 rings (SSSR count). The zero-order chi connectivity index (χ0) is 20.4. The van der Waals surface area contributed by atoms with Crippen LogP contribution in [-0.2, 0) is 11.2 Å². The molecule has 0 atom stereocenters. The summed E-state index contributed by atoms with van der Waals surface area (Å²) in [6, 6.07) is 12.6. The van der Waals surface area contributed by atoms with Gasteiger partial charge in [0.15, 0.2) is 11.5 Å². The maximum absolute atomic E-state index is 12.2. The highest BCUT2D eigenvalue weighted by molar-refractivity contribution is 6.00. The molecule has 2 heterocycles. The van der Waals surface area contributed by atoms with E-state index in [9.17, 15) is 4.79 Å². The van der Waals surface area contributed by atoms with E-state index in [2.05, 4.69) is 26.7 Å². The summed E-state index contributed by atoms with van der Waals surface area (Å²) in [5, 5.41) is 15.1. The fourth-order valence-electron chi connectivity index (χ4n) is 3.16. The number of carbonyl (C=O) groups is 1. The van der Waals surface area contributed by atoms with E-state index in [-0.39, 0.29) is 12.3 Å². The van der Waals surface area contributed by atoms with Gasteiger partial charge >= 0.3 is 0 Å². The van der Waals surface area contributed by atoms with E-state index in [1.54, 1.807) is 50.7 Å². The van der Waals surface area contributed by atoms with Crippen molar-refractivity contribution in [2.45, 2.75) is 6.42 Å². The second kappa shape index (κ2) is 7.48. The van der Waals surface area contributed by atoms with Gasteiger partial charge in [0.2, 0.25) is 11.9 Å². The highest BCUT2D eigenvalue weighted by atomic mass is 16.5. The van der Waals surface area contributed by atoms with Gasteiger partial charge in [0.25, 0.3) is 0 Å². The van der Waals surface area contributed by atoms with Crippen molar-refractivity contribution in [1.82, 2.24) is 9.97 Å². The molecule has 1 aliphatic rings. The van der Waals surface area contributed by atoms with Gasteiger partial charge in [0.05, 0.1) is 43.7 Å². The summed E-state index contributed by atoms with van der Waals surface area (Å²) in [5.41, 5.74) is 3.84. The minimum atomic E-state index is -0.177. The molecule has 0 saturated carbocycles. The molecule has 3 aromatic rings. The van der Waals surface area contributed by atoms with Gasteiger partial charge in [-0.3, -0.25) is 4.79 Å². The van der Waals surface area contributed by atoms with Crippen LogP contribution in [0.5, 0.6) is 11.5 Å². The Hall–Kier alpha value is -4.12. The van der Waals surface area contributed by atoms with Crippen LogP contribution in [0, 0.1) is 11.3 Å². The second-order valence-corrected chi connectivity index (χ2v) is 6.36. The average molecular weight is 387 g/mol. The molecule has 0 aliphatic carbocycles. The zero-order valence-electron chi connectivity index (χ0n) is 15.8. The molecule has 1 amide bonds. The Kier molecular flexibility index (Phi) is 4.71. The summed E-state index contributed by atoms with van der Waals surface area (Å²) in [4.78, 5) is 21.2. The molecule has 29 heavy (non-hydrogen) atoms. The van der Waals surface area contributed by atoms with Crippen LogP contribution in [0.3, 0.4) is 0 Å². The number of carbonyl (C=O) groups excluding carboxylic acids is 1. The molecule has 0 unspecified atom stereocenters. The summed E-state index contributed by atoms with van der Waals surface area (Å²) in [7, 11) is 3.14. The predicted molar refractivity (Wildman–Crippen MR) is 107 cm³/mol. The number of nitrogens with zero attached hydrogens (tertiary/aromatic N) is 3. The van der Waals surface area contributed by atoms with Crippen LogP contribution in [0.4, 0.5) is 17.3 Å². The van der Waals surface area contributed by atoms with E-state index in [1.807, 2.05) is 6.07 Å². The number of anilines is 3. The van der Waals surface area contributed by atoms with E-state index in [0.717, 1.165) is 11.3 Å². The molecule has 2 N–H and O–H groups in total. The summed E-state index contributed by atoms with van der Waals surface area (Å²) < 4.78 is 10.6. The van der Waals surface area contributed by atoms with E-state index < -0.39 is 0 Å². The standard InChI is InChI=1S/C21H17N5O3/c1-28-17-6-4-14(9-18(17)29-2)24-21-23-11-13-8-19(27)25-16-7-12(10-22)3-5-15(16)20(13)26-21/h3-7,9,11H,8H2,1-2H3,(H,25,27)(H,23,24,26). The molecule has 2 aromatic carbocycles. The number of benzene rings is 2. The summed E-state index contributed by atoms with van der Waals surface area (Å²) in [6.07, 6.45) is 1.79. The topological polar surface area (TPSA) is 109 Å². The molecule has 0 spiro atoms. The molecule has 8 heteroatoms. The Morgan fingerprint density at radius 1 is 1.14 bits per heavy atom. The van der Waals surface area contributed by atoms with Gasteiger partial charge in [-0.15, -0.1) is 0 Å². The van der Waals surface area contributed by atoms with Gasteiger partial charge in [-0.2, -0.15) is 5.26 Å². The van der Waals surface area contributed by atoms with Crippen LogP contribution in [-0.4, -0.2) is 30.1 Å². The summed E-state index contributed by atoms with van der Waals surface area (Å²) in [5.74, 6) is 1.40. The zero-order valence-corrected chi connectivity index (χ0v) is 15.8. The van der Waals surface area contributed by atoms with E-state index >= 15 is 0 Å². The molecule has 1 aromatic heterocycles. The Balaban J connectivity index is 1.74. The predicted octanol–water partition coefficient (Wildman–Crippen LogP) is 3.27. The Labute approximate surface area is 167 Å². The lowest BCUT2D eigenvalue weighted by atomic mass is 10.0. The highest BCUT2D eigenvalue weighted by Gasteiger charge is 2.21. The first-order valence-electron chi connectivity index (χ1n) is 8.80. The number of nitrogens with one attached hydrogen (secondary N) is 2. The Bertz CT molecular complexity index is 1150. The first-order chi connectivity index (χ1) is 14.1. The monoisotopic (exact) mass is 387 g/mol. The van der Waals surface area contributed by atoms with Gasteiger partial charge in [-0.25, -0.2) is 9.97 Å². The number of aromatic nitrogens is 2. The molecule has 0 saturated heterocycles. The number of amides is 1. The lowest BCUT2D eigenvalue weighted by Crippen LogP contribution is -2.12. The molecular weight excluding hydrogens is 370 g/mol. The minimum absolute atomic E-state index is 0.155. The normalized spacial score (nSPS) is 12.0. The molecule has 8 nitrogen and oxygen atoms in total. The number of methoxy groups -OCH3 is 2. The maximum Gasteiger partial charge on any atom is 0.228 e. The van der Waals surface area contributed by atoms with E-state index in [0.29, 0.717) is 40.0 Å². The first-order valence-corrected chi connectivity index (χ1v) is 8.80. The van der Waals surface area contributed by atoms with Crippen molar-refractivity contribution in [2.75, 3.05) is 24.9 Å². The van der Waals surface area contributed by atoms with Crippen LogP contribution in [0.25, 0.3) is 11.3 Å². The SMILES string of the molecule is COc1ccc(Nc2ncc3c(n2)-c2ccc(C#N)cc2NC(=O)C3)cc1OC. The van der Waals surface area contributed by atoms with Gasteiger partial charge in [-0.05, 0) is 30.3 Å². The molecule has 0 bridgehead atoms. The molecule has 1 aliphatic heterocycles. The number of hydrogen-bond donors (Lipinski definition) is 2. The Morgan fingerprint density at radius 2 is 1.97 bits per heavy atom. The molecule has 0 radical (unpaired) electrons. The fraction of sp³-hybridized carbons (Fsp3) is 0.143. The second-order valence-electron chi connectivity index (χ2n) is 6.36. The maximum atomic E-state index is 12.2. The minimum Gasteiger partial charge on any atom is -0.493 e.